The van der Waals surface area contributed by atoms with Crippen LogP contribution in [0.25, 0.3) is 0 Å². The van der Waals surface area contributed by atoms with Crippen molar-refractivity contribution in [2.45, 2.75) is 70.9 Å². The van der Waals surface area contributed by atoms with Crippen molar-refractivity contribution in [2.24, 2.45) is 0 Å². The zero-order valence-corrected chi connectivity index (χ0v) is 11.8. The molecule has 0 unspecified atom stereocenters. The average molecular weight is 284 g/mol. The summed E-state index contributed by atoms with van der Waals surface area (Å²) in [6.45, 7) is 2.44. The molecule has 0 bridgehead atoms. The van der Waals surface area contributed by atoms with Crippen LogP contribution in [0.5, 0.6) is 0 Å². The first kappa shape index (κ1) is 17.7. The van der Waals surface area contributed by atoms with Gasteiger partial charge in [-0.25, -0.2) is 0 Å². The molecular formula is C13H23F3OS. The lowest BCUT2D eigenvalue weighted by Crippen LogP contribution is -2.06. The second-order valence-electron chi connectivity index (χ2n) is 4.53. The van der Waals surface area contributed by atoms with Crippen LogP contribution in [0.1, 0.15) is 64.7 Å². The van der Waals surface area contributed by atoms with Gasteiger partial charge in [-0.3, -0.25) is 0 Å². The van der Waals surface area contributed by atoms with E-state index < -0.39 is 12.6 Å². The lowest BCUT2D eigenvalue weighted by molar-refractivity contribution is -0.135. The number of unbranched alkanes of at least 4 members (excludes halogenated alkanes) is 7. The highest BCUT2D eigenvalue weighted by Crippen LogP contribution is 2.23. The molecule has 0 spiro atoms. The Morgan fingerprint density at radius 1 is 0.889 bits per heavy atom. The van der Waals surface area contributed by atoms with Gasteiger partial charge in [0.05, 0.1) is 6.61 Å². The molecule has 0 fully saturated rings. The number of halogens is 3. The molecule has 0 atom stereocenters. The monoisotopic (exact) mass is 284 g/mol. The van der Waals surface area contributed by atoms with Crippen molar-refractivity contribution < 1.29 is 17.9 Å². The first-order valence-electron chi connectivity index (χ1n) is 6.62. The van der Waals surface area contributed by atoms with Gasteiger partial charge >= 0.3 is 6.18 Å². The Hall–Kier alpha value is -0.320. The van der Waals surface area contributed by atoms with Gasteiger partial charge in [0.2, 0.25) is 0 Å². The first-order valence-corrected chi connectivity index (χ1v) is 7.03. The maximum Gasteiger partial charge on any atom is 0.389 e. The van der Waals surface area contributed by atoms with Crippen molar-refractivity contribution in [3.8, 4) is 0 Å². The third-order valence-corrected chi connectivity index (χ3v) is 2.78. The summed E-state index contributed by atoms with van der Waals surface area (Å²) in [6.07, 6.45) is 2.60. The Kier molecular flexibility index (Phi) is 10.4. The van der Waals surface area contributed by atoms with Gasteiger partial charge in [-0.05, 0) is 25.1 Å². The van der Waals surface area contributed by atoms with Crippen molar-refractivity contribution in [1.82, 2.24) is 0 Å². The van der Waals surface area contributed by atoms with Gasteiger partial charge in [0, 0.05) is 13.3 Å². The van der Waals surface area contributed by atoms with Crippen molar-refractivity contribution in [3.05, 3.63) is 0 Å². The summed E-state index contributed by atoms with van der Waals surface area (Å²) in [5.41, 5.74) is 0. The fourth-order valence-electron chi connectivity index (χ4n) is 1.70. The quantitative estimate of drug-likeness (QED) is 0.391. The molecule has 0 radical (unpaired) electrons. The van der Waals surface area contributed by atoms with Gasteiger partial charge in [-0.1, -0.05) is 38.5 Å². The van der Waals surface area contributed by atoms with Crippen LogP contribution in [0.3, 0.4) is 0 Å². The molecule has 0 aliphatic rings. The number of rotatable bonds is 10. The maximum absolute atomic E-state index is 11.8. The van der Waals surface area contributed by atoms with Gasteiger partial charge < -0.3 is 4.74 Å². The fraction of sp³-hybridized carbons (Fsp3) is 0.923. The summed E-state index contributed by atoms with van der Waals surface area (Å²) in [5, 5.41) is 0.583. The molecule has 18 heavy (non-hydrogen) atoms. The van der Waals surface area contributed by atoms with E-state index in [0.29, 0.717) is 18.1 Å². The van der Waals surface area contributed by atoms with E-state index in [1.807, 2.05) is 0 Å². The normalized spacial score (nSPS) is 11.6. The van der Waals surface area contributed by atoms with Crippen LogP contribution >= 0.6 is 12.2 Å². The van der Waals surface area contributed by atoms with Gasteiger partial charge in [0.15, 0.2) is 5.05 Å². The Morgan fingerprint density at radius 3 is 1.78 bits per heavy atom. The second kappa shape index (κ2) is 10.6. The molecule has 0 aliphatic carbocycles. The van der Waals surface area contributed by atoms with Crippen LogP contribution in [-0.2, 0) is 4.74 Å². The number of hydrogen-bond donors (Lipinski definition) is 0. The molecule has 0 aromatic heterocycles. The van der Waals surface area contributed by atoms with E-state index in [4.69, 9.17) is 17.0 Å². The standard InChI is InChI=1S/C13H23F3OS/c1-12(18)17-11-9-7-5-3-2-4-6-8-10-13(14,15)16/h2-11H2,1H3. The highest BCUT2D eigenvalue weighted by atomic mass is 32.1. The average Bonchev–Trinajstić information content (AvgIpc) is 2.24. The zero-order valence-electron chi connectivity index (χ0n) is 11.0. The molecule has 1 nitrogen and oxygen atoms in total. The Labute approximate surface area is 113 Å². The molecule has 0 aromatic carbocycles. The van der Waals surface area contributed by atoms with Crippen LogP contribution in [-0.4, -0.2) is 17.8 Å². The third kappa shape index (κ3) is 15.7. The number of thiocarbonyl (C=S) groups is 1. The minimum Gasteiger partial charge on any atom is -0.487 e. The number of alkyl halides is 3. The molecule has 0 aliphatic heterocycles. The van der Waals surface area contributed by atoms with Crippen LogP contribution < -0.4 is 0 Å². The second-order valence-corrected chi connectivity index (χ2v) is 5.11. The van der Waals surface area contributed by atoms with E-state index >= 15 is 0 Å². The molecule has 0 N–H and O–H groups in total. The highest BCUT2D eigenvalue weighted by Gasteiger charge is 2.25. The molecule has 0 saturated carbocycles. The Balaban J connectivity index is 3.06. The van der Waals surface area contributed by atoms with E-state index in [-0.39, 0.29) is 6.42 Å². The van der Waals surface area contributed by atoms with E-state index in [2.05, 4.69) is 0 Å². The van der Waals surface area contributed by atoms with Crippen molar-refractivity contribution >= 4 is 17.3 Å². The van der Waals surface area contributed by atoms with E-state index in [9.17, 15) is 13.2 Å². The summed E-state index contributed by atoms with van der Waals surface area (Å²) in [6, 6.07) is 0. The lowest BCUT2D eigenvalue weighted by atomic mass is 10.1. The predicted molar refractivity (Wildman–Crippen MR) is 71.8 cm³/mol. The minimum absolute atomic E-state index is 0.269. The molecule has 0 amide bonds. The summed E-state index contributed by atoms with van der Waals surface area (Å²) in [4.78, 5) is 0. The van der Waals surface area contributed by atoms with Gasteiger partial charge in [-0.15, -0.1) is 0 Å². The molecule has 0 heterocycles. The Morgan fingerprint density at radius 2 is 1.33 bits per heavy atom. The zero-order chi connectivity index (χ0) is 13.9. The SMILES string of the molecule is CC(=S)OCCCCCCCCCCC(F)(F)F. The topological polar surface area (TPSA) is 9.23 Å². The Bertz CT molecular complexity index is 217. The molecule has 0 aromatic rings. The smallest absolute Gasteiger partial charge is 0.389 e. The van der Waals surface area contributed by atoms with Crippen LogP contribution in [0.4, 0.5) is 13.2 Å². The van der Waals surface area contributed by atoms with Crippen molar-refractivity contribution in [2.75, 3.05) is 6.61 Å². The predicted octanol–water partition coefficient (Wildman–Crippen LogP) is 5.42. The number of hydrogen-bond acceptors (Lipinski definition) is 2. The van der Waals surface area contributed by atoms with Crippen LogP contribution in [0.15, 0.2) is 0 Å². The summed E-state index contributed by atoms with van der Waals surface area (Å²) in [5.74, 6) is 0. The summed E-state index contributed by atoms with van der Waals surface area (Å²) >= 11 is 4.78. The van der Waals surface area contributed by atoms with E-state index in [1.54, 1.807) is 6.92 Å². The summed E-state index contributed by atoms with van der Waals surface area (Å²) in [7, 11) is 0. The maximum atomic E-state index is 11.8. The number of ether oxygens (including phenoxy) is 1. The molecule has 0 saturated heterocycles. The minimum atomic E-state index is -3.99. The molecular weight excluding hydrogens is 261 g/mol. The first-order chi connectivity index (χ1) is 8.42. The van der Waals surface area contributed by atoms with Gasteiger partial charge in [0.25, 0.3) is 0 Å². The molecule has 108 valence electrons. The van der Waals surface area contributed by atoms with Crippen LogP contribution in [0, 0.1) is 0 Å². The van der Waals surface area contributed by atoms with E-state index in [0.717, 1.165) is 38.5 Å². The third-order valence-electron chi connectivity index (χ3n) is 2.66. The van der Waals surface area contributed by atoms with Gasteiger partial charge in [-0.2, -0.15) is 13.2 Å². The fourth-order valence-corrected chi connectivity index (χ4v) is 1.79. The van der Waals surface area contributed by atoms with E-state index in [1.165, 1.54) is 0 Å². The summed E-state index contributed by atoms with van der Waals surface area (Å²) < 4.78 is 40.7. The largest absolute Gasteiger partial charge is 0.487 e. The molecule has 5 heteroatoms. The molecule has 0 rings (SSSR count). The van der Waals surface area contributed by atoms with Gasteiger partial charge in [0.1, 0.15) is 0 Å². The van der Waals surface area contributed by atoms with Crippen molar-refractivity contribution in [3.63, 3.8) is 0 Å². The van der Waals surface area contributed by atoms with Crippen molar-refractivity contribution in [1.29, 1.82) is 0 Å². The van der Waals surface area contributed by atoms with Crippen LogP contribution in [0.2, 0.25) is 0 Å². The lowest BCUT2D eigenvalue weighted by Gasteiger charge is -2.06. The highest BCUT2D eigenvalue weighted by molar-refractivity contribution is 7.80.